The summed E-state index contributed by atoms with van der Waals surface area (Å²) in [7, 11) is 0. The van der Waals surface area contributed by atoms with Gasteiger partial charge < -0.3 is 0 Å². The van der Waals surface area contributed by atoms with Crippen LogP contribution in [-0.4, -0.2) is 11.6 Å². The van der Waals surface area contributed by atoms with Crippen molar-refractivity contribution in [1.82, 2.24) is 5.43 Å². The predicted octanol–water partition coefficient (Wildman–Crippen LogP) is 3.74. The van der Waals surface area contributed by atoms with E-state index in [1.807, 2.05) is 32.0 Å². The summed E-state index contributed by atoms with van der Waals surface area (Å²) in [5.41, 5.74) is 6.84. The molecule has 1 aliphatic rings. The monoisotopic (exact) mass is 258 g/mol. The number of benzene rings is 1. The summed E-state index contributed by atoms with van der Waals surface area (Å²) in [4.78, 5) is 12.0. The van der Waals surface area contributed by atoms with Crippen molar-refractivity contribution in [2.75, 3.05) is 0 Å². The first-order valence-electron chi connectivity index (χ1n) is 7.10. The molecule has 0 saturated heterocycles. The summed E-state index contributed by atoms with van der Waals surface area (Å²) >= 11 is 0. The van der Waals surface area contributed by atoms with E-state index < -0.39 is 0 Å². The molecule has 0 aromatic heterocycles. The maximum absolute atomic E-state index is 12.0. The fraction of sp³-hybridized carbons (Fsp3) is 0.500. The summed E-state index contributed by atoms with van der Waals surface area (Å²) in [6.07, 6.45) is 6.99. The van der Waals surface area contributed by atoms with E-state index in [1.165, 1.54) is 31.2 Å². The summed E-state index contributed by atoms with van der Waals surface area (Å²) in [5, 5.41) is 4.29. The molecule has 3 nitrogen and oxygen atoms in total. The van der Waals surface area contributed by atoms with Crippen LogP contribution in [0.5, 0.6) is 0 Å². The van der Waals surface area contributed by atoms with Gasteiger partial charge in [-0.05, 0) is 62.8 Å². The molecule has 1 fully saturated rings. The molecular weight excluding hydrogens is 236 g/mol. The molecule has 1 aliphatic carbocycles. The summed E-state index contributed by atoms with van der Waals surface area (Å²) in [5.74, 6) is -0.111. The molecule has 1 aromatic rings. The molecule has 0 bridgehead atoms. The smallest absolute Gasteiger partial charge is 0.267 e. The van der Waals surface area contributed by atoms with Crippen LogP contribution in [0.2, 0.25) is 0 Å². The molecule has 0 radical (unpaired) electrons. The molecule has 2 rings (SSSR count). The Labute approximate surface area is 115 Å². The van der Waals surface area contributed by atoms with Crippen LogP contribution in [0.15, 0.2) is 23.3 Å². The van der Waals surface area contributed by atoms with Gasteiger partial charge in [0.15, 0.2) is 0 Å². The van der Waals surface area contributed by atoms with Gasteiger partial charge in [-0.25, -0.2) is 5.43 Å². The first-order valence-corrected chi connectivity index (χ1v) is 7.10. The zero-order valence-corrected chi connectivity index (χ0v) is 11.8. The predicted molar refractivity (Wildman–Crippen MR) is 78.5 cm³/mol. The standard InChI is InChI=1S/C16H22N2O/c1-12-9-10-14(11-13(12)2)16(19)18-17-15-7-5-3-4-6-8-15/h9-11H,3-8H2,1-2H3,(H,18,19). The highest BCUT2D eigenvalue weighted by atomic mass is 16.2. The van der Waals surface area contributed by atoms with Crippen LogP contribution in [-0.2, 0) is 0 Å². The number of amides is 1. The van der Waals surface area contributed by atoms with Crippen LogP contribution in [0.1, 0.15) is 60.0 Å². The molecule has 102 valence electrons. The second-order valence-electron chi connectivity index (χ2n) is 5.33. The lowest BCUT2D eigenvalue weighted by atomic mass is 10.1. The molecular formula is C16H22N2O. The zero-order chi connectivity index (χ0) is 13.7. The largest absolute Gasteiger partial charge is 0.271 e. The number of rotatable bonds is 2. The van der Waals surface area contributed by atoms with Crippen molar-refractivity contribution in [3.63, 3.8) is 0 Å². The Morgan fingerprint density at radius 3 is 2.37 bits per heavy atom. The van der Waals surface area contributed by atoms with Gasteiger partial charge >= 0.3 is 0 Å². The van der Waals surface area contributed by atoms with Crippen molar-refractivity contribution in [2.45, 2.75) is 52.4 Å². The number of carbonyl (C=O) groups excluding carboxylic acids is 1. The van der Waals surface area contributed by atoms with E-state index in [2.05, 4.69) is 10.5 Å². The Morgan fingerprint density at radius 1 is 1.05 bits per heavy atom. The molecule has 19 heavy (non-hydrogen) atoms. The number of hydrogen-bond acceptors (Lipinski definition) is 2. The lowest BCUT2D eigenvalue weighted by molar-refractivity contribution is 0.0954. The first kappa shape index (κ1) is 13.8. The van der Waals surface area contributed by atoms with Gasteiger partial charge in [0, 0.05) is 11.3 Å². The van der Waals surface area contributed by atoms with Gasteiger partial charge in [0.2, 0.25) is 0 Å². The van der Waals surface area contributed by atoms with Crippen LogP contribution in [0.3, 0.4) is 0 Å². The minimum atomic E-state index is -0.111. The fourth-order valence-electron chi connectivity index (χ4n) is 2.33. The van der Waals surface area contributed by atoms with Crippen molar-refractivity contribution in [1.29, 1.82) is 0 Å². The minimum absolute atomic E-state index is 0.111. The number of aryl methyl sites for hydroxylation is 2. The summed E-state index contributed by atoms with van der Waals surface area (Å²) in [6, 6.07) is 5.74. The Morgan fingerprint density at radius 2 is 1.74 bits per heavy atom. The lowest BCUT2D eigenvalue weighted by Crippen LogP contribution is -2.19. The molecule has 3 heteroatoms. The fourth-order valence-corrected chi connectivity index (χ4v) is 2.33. The number of hydrogen-bond donors (Lipinski definition) is 1. The SMILES string of the molecule is Cc1ccc(C(=O)NN=C2CCCCCC2)cc1C. The topological polar surface area (TPSA) is 41.5 Å². The third-order valence-corrected chi connectivity index (χ3v) is 3.77. The van der Waals surface area contributed by atoms with Crippen LogP contribution in [0.25, 0.3) is 0 Å². The van der Waals surface area contributed by atoms with Gasteiger partial charge in [0.1, 0.15) is 0 Å². The normalized spacial score (nSPS) is 15.8. The van der Waals surface area contributed by atoms with E-state index in [-0.39, 0.29) is 5.91 Å². The minimum Gasteiger partial charge on any atom is -0.267 e. The van der Waals surface area contributed by atoms with E-state index in [4.69, 9.17) is 0 Å². The van der Waals surface area contributed by atoms with Gasteiger partial charge in [-0.15, -0.1) is 0 Å². The van der Waals surface area contributed by atoms with E-state index >= 15 is 0 Å². The first-order chi connectivity index (χ1) is 9.16. The molecule has 0 unspecified atom stereocenters. The molecule has 0 heterocycles. The third-order valence-electron chi connectivity index (χ3n) is 3.77. The molecule has 0 atom stereocenters. The van der Waals surface area contributed by atoms with Crippen molar-refractivity contribution < 1.29 is 4.79 Å². The van der Waals surface area contributed by atoms with Crippen LogP contribution < -0.4 is 5.43 Å². The van der Waals surface area contributed by atoms with Gasteiger partial charge in [-0.3, -0.25) is 4.79 Å². The summed E-state index contributed by atoms with van der Waals surface area (Å²) < 4.78 is 0. The van der Waals surface area contributed by atoms with Gasteiger partial charge in [0.05, 0.1) is 0 Å². The van der Waals surface area contributed by atoms with Crippen LogP contribution in [0.4, 0.5) is 0 Å². The van der Waals surface area contributed by atoms with Crippen molar-refractivity contribution in [3.8, 4) is 0 Å². The van der Waals surface area contributed by atoms with Crippen molar-refractivity contribution >= 4 is 11.6 Å². The summed E-state index contributed by atoms with van der Waals surface area (Å²) in [6.45, 7) is 4.06. The average molecular weight is 258 g/mol. The van der Waals surface area contributed by atoms with Crippen LogP contribution >= 0.6 is 0 Å². The van der Waals surface area contributed by atoms with E-state index in [0.717, 1.165) is 24.1 Å². The Balaban J connectivity index is 2.00. The molecule has 1 amide bonds. The van der Waals surface area contributed by atoms with E-state index in [1.54, 1.807) is 0 Å². The average Bonchev–Trinajstić information content (AvgIpc) is 2.67. The number of nitrogens with zero attached hydrogens (tertiary/aromatic N) is 1. The Bertz CT molecular complexity index is 482. The second-order valence-corrected chi connectivity index (χ2v) is 5.33. The number of carbonyl (C=O) groups is 1. The maximum Gasteiger partial charge on any atom is 0.271 e. The highest BCUT2D eigenvalue weighted by Crippen LogP contribution is 2.14. The highest BCUT2D eigenvalue weighted by Gasteiger charge is 2.08. The maximum atomic E-state index is 12.0. The highest BCUT2D eigenvalue weighted by molar-refractivity contribution is 5.95. The van der Waals surface area contributed by atoms with Gasteiger partial charge in [-0.1, -0.05) is 18.9 Å². The quantitative estimate of drug-likeness (QED) is 0.637. The molecule has 1 aromatic carbocycles. The number of nitrogens with one attached hydrogen (secondary N) is 1. The van der Waals surface area contributed by atoms with Gasteiger partial charge in [-0.2, -0.15) is 5.10 Å². The molecule has 1 saturated carbocycles. The van der Waals surface area contributed by atoms with E-state index in [0.29, 0.717) is 5.56 Å². The molecule has 0 spiro atoms. The van der Waals surface area contributed by atoms with Crippen molar-refractivity contribution in [2.24, 2.45) is 5.10 Å². The molecule has 0 aliphatic heterocycles. The number of hydrazone groups is 1. The van der Waals surface area contributed by atoms with E-state index in [9.17, 15) is 4.79 Å². The second kappa shape index (κ2) is 6.50. The van der Waals surface area contributed by atoms with Crippen LogP contribution in [0, 0.1) is 13.8 Å². The third kappa shape index (κ3) is 3.91. The molecule has 1 N–H and O–H groups in total. The Hall–Kier alpha value is -1.64. The lowest BCUT2D eigenvalue weighted by Gasteiger charge is -2.06. The van der Waals surface area contributed by atoms with Gasteiger partial charge in [0.25, 0.3) is 5.91 Å². The Kier molecular flexibility index (Phi) is 4.72. The zero-order valence-electron chi connectivity index (χ0n) is 11.8. The van der Waals surface area contributed by atoms with Crippen molar-refractivity contribution in [3.05, 3.63) is 34.9 Å².